The molecule has 1 aliphatic heterocycles. The molecule has 0 amide bonds. The summed E-state index contributed by atoms with van der Waals surface area (Å²) < 4.78 is 1.74. The Kier molecular flexibility index (Phi) is 5.72. The lowest BCUT2D eigenvalue weighted by atomic mass is 10.0. The molecule has 1 aromatic carbocycles. The molecule has 1 saturated heterocycles. The molecule has 4 heterocycles. The van der Waals surface area contributed by atoms with Gasteiger partial charge in [0, 0.05) is 66.6 Å². The van der Waals surface area contributed by atoms with Crippen molar-refractivity contribution in [2.24, 2.45) is 0 Å². The van der Waals surface area contributed by atoms with Gasteiger partial charge in [0.25, 0.3) is 5.56 Å². The van der Waals surface area contributed by atoms with Gasteiger partial charge in [0.1, 0.15) is 5.65 Å². The quantitative estimate of drug-likeness (QED) is 0.366. The molecule has 186 valence electrons. The summed E-state index contributed by atoms with van der Waals surface area (Å²) in [4.78, 5) is 40.9. The summed E-state index contributed by atoms with van der Waals surface area (Å²) in [6, 6.07) is 6.26. The number of carbonyl (C=O) groups is 1. The number of aryl methyl sites for hydroxylation is 1. The molecule has 9 heteroatoms. The Hall–Kier alpha value is -3.72. The van der Waals surface area contributed by atoms with E-state index >= 15 is 0 Å². The number of aromatic amines is 1. The number of fused-ring (bicyclic) bond motifs is 2. The largest absolute Gasteiger partial charge is 0.367 e. The van der Waals surface area contributed by atoms with Crippen LogP contribution in [-0.4, -0.2) is 51.5 Å². The van der Waals surface area contributed by atoms with Gasteiger partial charge >= 0.3 is 0 Å². The van der Waals surface area contributed by atoms with E-state index in [-0.39, 0.29) is 22.9 Å². The molecule has 3 aromatic heterocycles. The summed E-state index contributed by atoms with van der Waals surface area (Å²) in [5, 5.41) is 8.65. The van der Waals surface area contributed by atoms with E-state index in [0.717, 1.165) is 68.5 Å². The van der Waals surface area contributed by atoms with Crippen LogP contribution in [0.1, 0.15) is 54.6 Å². The number of hydrogen-bond donors (Lipinski definition) is 3. The lowest BCUT2D eigenvalue weighted by Gasteiger charge is -2.28. The van der Waals surface area contributed by atoms with Crippen LogP contribution < -0.4 is 21.1 Å². The first-order chi connectivity index (χ1) is 17.5. The second-order valence-electron chi connectivity index (χ2n) is 9.90. The van der Waals surface area contributed by atoms with Gasteiger partial charge in [0.2, 0.25) is 5.95 Å². The number of aromatic nitrogens is 4. The van der Waals surface area contributed by atoms with E-state index in [4.69, 9.17) is 4.98 Å². The fourth-order valence-corrected chi connectivity index (χ4v) is 5.79. The van der Waals surface area contributed by atoms with Crippen molar-refractivity contribution in [3.63, 3.8) is 0 Å². The summed E-state index contributed by atoms with van der Waals surface area (Å²) in [5.74, 6) is 0.213. The van der Waals surface area contributed by atoms with Crippen LogP contribution >= 0.6 is 0 Å². The maximum absolute atomic E-state index is 13.4. The highest BCUT2D eigenvalue weighted by Gasteiger charge is 2.26. The monoisotopic (exact) mass is 485 g/mol. The number of anilines is 3. The van der Waals surface area contributed by atoms with Crippen molar-refractivity contribution >= 4 is 45.0 Å². The Bertz CT molecular complexity index is 1520. The van der Waals surface area contributed by atoms with Crippen molar-refractivity contribution in [1.82, 2.24) is 24.8 Å². The Balaban J connectivity index is 1.38. The third-order valence-electron chi connectivity index (χ3n) is 7.62. The number of benzene rings is 1. The van der Waals surface area contributed by atoms with Crippen LogP contribution in [0.25, 0.3) is 21.9 Å². The maximum Gasteiger partial charge on any atom is 0.263 e. The number of Topliss-reactive ketones (excluding diaryl/α,β-unsaturated/α-hetero) is 1. The molecule has 2 fully saturated rings. The number of piperazine rings is 1. The summed E-state index contributed by atoms with van der Waals surface area (Å²) in [7, 11) is 0. The lowest BCUT2D eigenvalue weighted by molar-refractivity contribution is 0.101. The van der Waals surface area contributed by atoms with Gasteiger partial charge in [-0.05, 0) is 50.5 Å². The van der Waals surface area contributed by atoms with Crippen molar-refractivity contribution in [2.75, 3.05) is 36.4 Å². The van der Waals surface area contributed by atoms with Gasteiger partial charge in [-0.3, -0.25) is 14.2 Å². The fraction of sp³-hybridized carbons (Fsp3) is 0.407. The summed E-state index contributed by atoms with van der Waals surface area (Å²) in [5.41, 5.74) is 4.37. The first-order valence-corrected chi connectivity index (χ1v) is 12.8. The highest BCUT2D eigenvalue weighted by Crippen LogP contribution is 2.33. The molecule has 9 nitrogen and oxygen atoms in total. The molecule has 1 saturated carbocycles. The normalized spacial score (nSPS) is 16.8. The van der Waals surface area contributed by atoms with E-state index in [2.05, 4.69) is 43.8 Å². The molecule has 6 rings (SSSR count). The van der Waals surface area contributed by atoms with Gasteiger partial charge in [-0.1, -0.05) is 12.8 Å². The molecule has 3 N–H and O–H groups in total. The Labute approximate surface area is 208 Å². The predicted octanol–water partition coefficient (Wildman–Crippen LogP) is 4.05. The van der Waals surface area contributed by atoms with Crippen LogP contribution in [0.3, 0.4) is 0 Å². The van der Waals surface area contributed by atoms with Gasteiger partial charge < -0.3 is 20.5 Å². The number of hydrogen-bond acceptors (Lipinski definition) is 7. The van der Waals surface area contributed by atoms with Crippen molar-refractivity contribution in [3.8, 4) is 0 Å². The molecule has 0 radical (unpaired) electrons. The van der Waals surface area contributed by atoms with Gasteiger partial charge in [0.05, 0.1) is 11.3 Å². The van der Waals surface area contributed by atoms with Gasteiger partial charge in [-0.25, -0.2) is 4.98 Å². The summed E-state index contributed by atoms with van der Waals surface area (Å²) >= 11 is 0. The van der Waals surface area contributed by atoms with Crippen LogP contribution in [0.2, 0.25) is 0 Å². The first kappa shape index (κ1) is 22.7. The lowest BCUT2D eigenvalue weighted by Crippen LogP contribution is -2.43. The number of nitrogens with zero attached hydrogens (tertiary/aromatic N) is 4. The van der Waals surface area contributed by atoms with E-state index in [1.54, 1.807) is 10.8 Å². The van der Waals surface area contributed by atoms with Crippen LogP contribution in [0, 0.1) is 6.92 Å². The van der Waals surface area contributed by atoms with E-state index < -0.39 is 0 Å². The molecular weight excluding hydrogens is 454 g/mol. The molecule has 0 spiro atoms. The highest BCUT2D eigenvalue weighted by molar-refractivity contribution is 5.99. The van der Waals surface area contributed by atoms with E-state index in [1.807, 2.05) is 13.0 Å². The second kappa shape index (κ2) is 9.05. The van der Waals surface area contributed by atoms with Crippen LogP contribution in [-0.2, 0) is 0 Å². The van der Waals surface area contributed by atoms with Crippen LogP contribution in [0.5, 0.6) is 0 Å². The SMILES string of the molecule is CC(=O)c1c(C)c2cnc(Nc3ccc4c(N5CCNCC5)c[nH]c4c3)nc2n(C2CCCC2)c1=O. The standard InChI is InChI=1S/C27H31N7O2/c1-16-21-14-30-27(32-25(21)34(19-5-3-4-6-19)26(36)24(16)17(2)35)31-18-7-8-20-22(13-18)29-15-23(20)33-11-9-28-10-12-33/h7-8,13-15,19,28-29H,3-6,9-12H2,1-2H3,(H,30,31,32). The van der Waals surface area contributed by atoms with Gasteiger partial charge in [-0.2, -0.15) is 4.98 Å². The third-order valence-corrected chi connectivity index (χ3v) is 7.62. The number of pyridine rings is 1. The van der Waals surface area contributed by atoms with Crippen molar-refractivity contribution in [2.45, 2.75) is 45.6 Å². The molecule has 36 heavy (non-hydrogen) atoms. The zero-order valence-electron chi connectivity index (χ0n) is 20.7. The Morgan fingerprint density at radius 1 is 1.14 bits per heavy atom. The topological polar surface area (TPSA) is 108 Å². The highest BCUT2D eigenvalue weighted by atomic mass is 16.1. The Morgan fingerprint density at radius 2 is 1.92 bits per heavy atom. The summed E-state index contributed by atoms with van der Waals surface area (Å²) in [6.45, 7) is 7.23. The fourth-order valence-electron chi connectivity index (χ4n) is 5.79. The van der Waals surface area contributed by atoms with Crippen LogP contribution in [0.15, 0.2) is 35.4 Å². The minimum atomic E-state index is -0.239. The molecule has 2 aliphatic rings. The van der Waals surface area contributed by atoms with Crippen molar-refractivity contribution in [3.05, 3.63) is 52.1 Å². The molecule has 0 atom stereocenters. The smallest absolute Gasteiger partial charge is 0.263 e. The summed E-state index contributed by atoms with van der Waals surface area (Å²) in [6.07, 6.45) is 7.78. The van der Waals surface area contributed by atoms with Crippen LogP contribution in [0.4, 0.5) is 17.3 Å². The van der Waals surface area contributed by atoms with Gasteiger partial charge in [-0.15, -0.1) is 0 Å². The van der Waals surface area contributed by atoms with E-state index in [1.165, 1.54) is 18.0 Å². The average molecular weight is 486 g/mol. The minimum Gasteiger partial charge on any atom is -0.367 e. The number of rotatable bonds is 5. The zero-order chi connectivity index (χ0) is 24.8. The van der Waals surface area contributed by atoms with Gasteiger partial charge in [0.15, 0.2) is 5.78 Å². The van der Waals surface area contributed by atoms with E-state index in [9.17, 15) is 9.59 Å². The van der Waals surface area contributed by atoms with Crippen molar-refractivity contribution in [1.29, 1.82) is 0 Å². The number of ketones is 1. The first-order valence-electron chi connectivity index (χ1n) is 12.8. The molecule has 1 aliphatic carbocycles. The molecular formula is C27H31N7O2. The van der Waals surface area contributed by atoms with Crippen molar-refractivity contribution < 1.29 is 4.79 Å². The number of H-pyrrole nitrogens is 1. The minimum absolute atomic E-state index is 0.0557. The Morgan fingerprint density at radius 3 is 2.67 bits per heavy atom. The molecule has 0 unspecified atom stereocenters. The predicted molar refractivity (Wildman–Crippen MR) is 143 cm³/mol. The maximum atomic E-state index is 13.4. The zero-order valence-corrected chi connectivity index (χ0v) is 20.7. The molecule has 0 bridgehead atoms. The number of carbonyl (C=O) groups excluding carboxylic acids is 1. The molecule has 4 aromatic rings. The second-order valence-corrected chi connectivity index (χ2v) is 9.90. The third kappa shape index (κ3) is 3.83. The number of nitrogens with one attached hydrogen (secondary N) is 3. The van der Waals surface area contributed by atoms with E-state index in [0.29, 0.717) is 17.2 Å². The average Bonchev–Trinajstić information content (AvgIpc) is 3.55.